The van der Waals surface area contributed by atoms with Gasteiger partial charge < -0.3 is 5.32 Å². The Morgan fingerprint density at radius 2 is 1.96 bits per heavy atom. The van der Waals surface area contributed by atoms with Gasteiger partial charge >= 0.3 is 0 Å². The van der Waals surface area contributed by atoms with Crippen LogP contribution in [0.4, 0.5) is 0 Å². The van der Waals surface area contributed by atoms with Crippen molar-refractivity contribution in [3.63, 3.8) is 0 Å². The van der Waals surface area contributed by atoms with Gasteiger partial charge in [0.25, 0.3) is 5.91 Å². The van der Waals surface area contributed by atoms with Gasteiger partial charge in [-0.25, -0.2) is 0 Å². The van der Waals surface area contributed by atoms with E-state index in [1.165, 1.54) is 19.3 Å². The van der Waals surface area contributed by atoms with Gasteiger partial charge in [-0.2, -0.15) is 0 Å². The summed E-state index contributed by atoms with van der Waals surface area (Å²) in [6.45, 7) is 9.39. The van der Waals surface area contributed by atoms with Crippen molar-refractivity contribution in [3.05, 3.63) is 34.9 Å². The molecule has 1 aromatic rings. The second-order valence-corrected chi connectivity index (χ2v) is 8.89. The standard InChI is InChI=1S/C23H35NO2/c1-5-6-7-8-9-17-10-11-18-16-19(12-13-20(18)21(17)25)22(26)24-15-14-23(2,3)4/h12-13,16-17H,5-11,14-15H2,1-4H3,(H,24,26). The van der Waals surface area contributed by atoms with E-state index in [0.29, 0.717) is 12.1 Å². The lowest BCUT2D eigenvalue weighted by Crippen LogP contribution is -2.28. The van der Waals surface area contributed by atoms with Crippen LogP contribution in [-0.4, -0.2) is 18.2 Å². The van der Waals surface area contributed by atoms with Gasteiger partial charge in [0, 0.05) is 23.6 Å². The minimum atomic E-state index is -0.0359. The van der Waals surface area contributed by atoms with Crippen molar-refractivity contribution in [1.82, 2.24) is 5.32 Å². The Labute approximate surface area is 159 Å². The summed E-state index contributed by atoms with van der Waals surface area (Å²) in [7, 11) is 0. The van der Waals surface area contributed by atoms with E-state index < -0.39 is 0 Å². The van der Waals surface area contributed by atoms with Gasteiger partial charge in [-0.15, -0.1) is 0 Å². The van der Waals surface area contributed by atoms with Crippen LogP contribution in [0.5, 0.6) is 0 Å². The summed E-state index contributed by atoms with van der Waals surface area (Å²) < 4.78 is 0. The number of carbonyl (C=O) groups is 2. The fourth-order valence-corrected chi connectivity index (χ4v) is 3.61. The average molecular weight is 358 g/mol. The van der Waals surface area contributed by atoms with Gasteiger partial charge in [0.1, 0.15) is 0 Å². The maximum atomic E-state index is 12.7. The van der Waals surface area contributed by atoms with Crippen LogP contribution in [0.3, 0.4) is 0 Å². The third kappa shape index (κ3) is 5.96. The highest BCUT2D eigenvalue weighted by atomic mass is 16.1. The van der Waals surface area contributed by atoms with E-state index in [9.17, 15) is 9.59 Å². The summed E-state index contributed by atoms with van der Waals surface area (Å²) in [5.41, 5.74) is 2.76. The Hall–Kier alpha value is -1.64. The third-order valence-corrected chi connectivity index (χ3v) is 5.33. The Bertz CT molecular complexity index is 628. The van der Waals surface area contributed by atoms with Gasteiger partial charge in [0.2, 0.25) is 0 Å². The van der Waals surface area contributed by atoms with Crippen molar-refractivity contribution < 1.29 is 9.59 Å². The highest BCUT2D eigenvalue weighted by Gasteiger charge is 2.27. The maximum absolute atomic E-state index is 12.7. The summed E-state index contributed by atoms with van der Waals surface area (Å²) >= 11 is 0. The van der Waals surface area contributed by atoms with Crippen LogP contribution in [0, 0.1) is 11.3 Å². The van der Waals surface area contributed by atoms with Crippen LogP contribution in [0.25, 0.3) is 0 Å². The highest BCUT2D eigenvalue weighted by molar-refractivity contribution is 6.02. The predicted molar refractivity (Wildman–Crippen MR) is 108 cm³/mol. The average Bonchev–Trinajstić information content (AvgIpc) is 2.59. The lowest BCUT2D eigenvalue weighted by atomic mass is 9.79. The SMILES string of the molecule is CCCCCCC1CCc2cc(C(=O)NCCC(C)(C)C)ccc2C1=O. The zero-order valence-electron chi connectivity index (χ0n) is 17.0. The molecule has 2 rings (SSSR count). The number of fused-ring (bicyclic) bond motifs is 1. The minimum Gasteiger partial charge on any atom is -0.352 e. The first-order chi connectivity index (χ1) is 12.3. The molecule has 0 spiro atoms. The zero-order valence-corrected chi connectivity index (χ0v) is 17.0. The summed E-state index contributed by atoms with van der Waals surface area (Å²) in [5.74, 6) is 0.416. The van der Waals surface area contributed by atoms with Gasteiger partial charge in [-0.3, -0.25) is 9.59 Å². The number of ketones is 1. The Morgan fingerprint density at radius 3 is 2.65 bits per heavy atom. The number of rotatable bonds is 8. The molecule has 1 aliphatic rings. The number of aryl methyl sites for hydroxylation is 1. The molecule has 1 unspecified atom stereocenters. The van der Waals surface area contributed by atoms with E-state index in [0.717, 1.165) is 43.2 Å². The van der Waals surface area contributed by atoms with Gasteiger partial charge in [0.05, 0.1) is 0 Å². The monoisotopic (exact) mass is 357 g/mol. The first-order valence-corrected chi connectivity index (χ1v) is 10.3. The van der Waals surface area contributed by atoms with Crippen LogP contribution >= 0.6 is 0 Å². The topological polar surface area (TPSA) is 46.2 Å². The van der Waals surface area contributed by atoms with Crippen LogP contribution in [0.2, 0.25) is 0 Å². The van der Waals surface area contributed by atoms with Gasteiger partial charge in [-0.05, 0) is 48.8 Å². The molecule has 0 bridgehead atoms. The normalized spacial score (nSPS) is 17.1. The Kier molecular flexibility index (Phi) is 7.43. The summed E-state index contributed by atoms with van der Waals surface area (Å²) in [6, 6.07) is 5.60. The number of carbonyl (C=O) groups excluding carboxylic acids is 2. The van der Waals surface area contributed by atoms with E-state index in [2.05, 4.69) is 33.0 Å². The van der Waals surface area contributed by atoms with E-state index in [-0.39, 0.29) is 23.0 Å². The fraction of sp³-hybridized carbons (Fsp3) is 0.652. The molecule has 0 saturated heterocycles. The van der Waals surface area contributed by atoms with Crippen molar-refractivity contribution in [3.8, 4) is 0 Å². The quantitative estimate of drug-likeness (QED) is 0.618. The molecule has 1 N–H and O–H groups in total. The smallest absolute Gasteiger partial charge is 0.251 e. The van der Waals surface area contributed by atoms with Crippen molar-refractivity contribution in [2.24, 2.45) is 11.3 Å². The molecule has 0 aliphatic heterocycles. The van der Waals surface area contributed by atoms with Crippen LogP contribution in [-0.2, 0) is 6.42 Å². The number of hydrogen-bond donors (Lipinski definition) is 1. The lowest BCUT2D eigenvalue weighted by Gasteiger charge is -2.24. The molecule has 26 heavy (non-hydrogen) atoms. The van der Waals surface area contributed by atoms with Crippen LogP contribution < -0.4 is 5.32 Å². The maximum Gasteiger partial charge on any atom is 0.251 e. The minimum absolute atomic E-state index is 0.0359. The molecule has 144 valence electrons. The largest absolute Gasteiger partial charge is 0.352 e. The van der Waals surface area contributed by atoms with Crippen molar-refractivity contribution >= 4 is 11.7 Å². The number of unbranched alkanes of at least 4 members (excludes halogenated alkanes) is 3. The molecule has 0 heterocycles. The molecule has 3 heteroatoms. The van der Waals surface area contributed by atoms with E-state index in [1.54, 1.807) is 0 Å². The molecule has 0 fully saturated rings. The number of benzene rings is 1. The van der Waals surface area contributed by atoms with E-state index in [1.807, 2.05) is 18.2 Å². The molecule has 1 atom stereocenters. The van der Waals surface area contributed by atoms with Crippen LogP contribution in [0.15, 0.2) is 18.2 Å². The van der Waals surface area contributed by atoms with Crippen LogP contribution in [0.1, 0.15) is 98.9 Å². The number of nitrogens with one attached hydrogen (secondary N) is 1. The Morgan fingerprint density at radius 1 is 1.19 bits per heavy atom. The zero-order chi connectivity index (χ0) is 19.2. The lowest BCUT2D eigenvalue weighted by molar-refractivity contribution is 0.0889. The highest BCUT2D eigenvalue weighted by Crippen LogP contribution is 2.30. The first kappa shape index (κ1) is 20.7. The predicted octanol–water partition coefficient (Wildman–Crippen LogP) is 5.57. The van der Waals surface area contributed by atoms with E-state index >= 15 is 0 Å². The molecule has 1 aliphatic carbocycles. The molecule has 3 nitrogen and oxygen atoms in total. The molecular weight excluding hydrogens is 322 g/mol. The Balaban J connectivity index is 1.94. The molecule has 0 saturated carbocycles. The molecular formula is C23H35NO2. The van der Waals surface area contributed by atoms with Crippen molar-refractivity contribution in [2.45, 2.75) is 79.1 Å². The van der Waals surface area contributed by atoms with Crippen molar-refractivity contribution in [1.29, 1.82) is 0 Å². The number of amides is 1. The molecule has 0 radical (unpaired) electrons. The molecule has 1 amide bonds. The van der Waals surface area contributed by atoms with Crippen molar-refractivity contribution in [2.75, 3.05) is 6.54 Å². The van der Waals surface area contributed by atoms with E-state index in [4.69, 9.17) is 0 Å². The second kappa shape index (κ2) is 9.34. The summed E-state index contributed by atoms with van der Waals surface area (Å²) in [4.78, 5) is 25.1. The van der Waals surface area contributed by atoms with Gasteiger partial charge in [0.15, 0.2) is 5.78 Å². The van der Waals surface area contributed by atoms with Gasteiger partial charge in [-0.1, -0.05) is 59.4 Å². The third-order valence-electron chi connectivity index (χ3n) is 5.33. The summed E-state index contributed by atoms with van der Waals surface area (Å²) in [6.07, 6.45) is 8.63. The number of hydrogen-bond acceptors (Lipinski definition) is 2. The molecule has 1 aromatic carbocycles. The first-order valence-electron chi connectivity index (χ1n) is 10.3. The summed E-state index contributed by atoms with van der Waals surface area (Å²) in [5, 5.41) is 3.00. The second-order valence-electron chi connectivity index (χ2n) is 8.89. The fourth-order valence-electron chi connectivity index (χ4n) is 3.61. The number of Topliss-reactive ketones (excluding diaryl/α,β-unsaturated/α-hetero) is 1. The molecule has 0 aromatic heterocycles.